The highest BCUT2D eigenvalue weighted by Gasteiger charge is 2.17. The average molecular weight is 234 g/mol. The zero-order chi connectivity index (χ0) is 11.0. The van der Waals surface area contributed by atoms with Crippen LogP contribution in [0.2, 0.25) is 0 Å². The number of nitrogens with one attached hydrogen (secondary N) is 1. The van der Waals surface area contributed by atoms with E-state index in [-0.39, 0.29) is 0 Å². The Morgan fingerprint density at radius 1 is 1.50 bits per heavy atom. The fraction of sp³-hybridized carbons (Fsp3) is 0.455. The Balaban J connectivity index is 1.96. The third-order valence-electron chi connectivity index (χ3n) is 2.91. The third kappa shape index (κ3) is 1.65. The maximum atomic E-state index is 4.39. The number of pyridine rings is 1. The Morgan fingerprint density at radius 3 is 3.25 bits per heavy atom. The van der Waals surface area contributed by atoms with Crippen LogP contribution in [0.3, 0.4) is 0 Å². The van der Waals surface area contributed by atoms with Gasteiger partial charge >= 0.3 is 0 Å². The van der Waals surface area contributed by atoms with E-state index in [1.807, 2.05) is 42.0 Å². The van der Waals surface area contributed by atoms with Crippen LogP contribution in [0.4, 0.5) is 5.82 Å². The summed E-state index contributed by atoms with van der Waals surface area (Å²) in [4.78, 5) is 8.78. The van der Waals surface area contributed by atoms with Gasteiger partial charge in [0.1, 0.15) is 5.52 Å². The molecule has 0 aromatic carbocycles. The number of nitrogens with zero attached hydrogens (tertiary/aromatic N) is 3. The summed E-state index contributed by atoms with van der Waals surface area (Å²) in [7, 11) is 2.00. The van der Waals surface area contributed by atoms with Crippen molar-refractivity contribution in [2.75, 3.05) is 16.8 Å². The Bertz CT molecular complexity index is 502. The van der Waals surface area contributed by atoms with Gasteiger partial charge in [0.05, 0.1) is 11.8 Å². The number of thioether (sulfide) groups is 1. The lowest BCUT2D eigenvalue weighted by Gasteiger charge is -2.11. The number of fused-ring (bicyclic) bond motifs is 1. The molecule has 1 aliphatic rings. The van der Waals surface area contributed by atoms with E-state index in [1.165, 1.54) is 17.9 Å². The highest BCUT2D eigenvalue weighted by Crippen LogP contribution is 2.24. The van der Waals surface area contributed by atoms with E-state index in [0.29, 0.717) is 6.04 Å². The minimum atomic E-state index is 0.546. The van der Waals surface area contributed by atoms with Crippen molar-refractivity contribution >= 4 is 28.6 Å². The van der Waals surface area contributed by atoms with E-state index in [4.69, 9.17) is 0 Å². The summed E-state index contributed by atoms with van der Waals surface area (Å²) in [6.45, 7) is 0. The molecule has 0 bridgehead atoms. The van der Waals surface area contributed by atoms with E-state index >= 15 is 0 Å². The highest BCUT2D eigenvalue weighted by atomic mass is 32.2. The van der Waals surface area contributed by atoms with Gasteiger partial charge in [-0.15, -0.1) is 0 Å². The Labute approximate surface area is 98.5 Å². The number of hydrogen-bond donors (Lipinski definition) is 1. The second kappa shape index (κ2) is 3.97. The first-order chi connectivity index (χ1) is 7.84. The topological polar surface area (TPSA) is 42.7 Å². The Hall–Kier alpha value is -1.23. The fourth-order valence-corrected chi connectivity index (χ4v) is 3.16. The van der Waals surface area contributed by atoms with Crippen LogP contribution < -0.4 is 5.32 Å². The first kappa shape index (κ1) is 9.96. The van der Waals surface area contributed by atoms with Crippen LogP contribution in [-0.4, -0.2) is 32.1 Å². The number of anilines is 1. The minimum Gasteiger partial charge on any atom is -0.365 e. The lowest BCUT2D eigenvalue weighted by Crippen LogP contribution is -2.19. The molecule has 1 N–H and O–H groups in total. The van der Waals surface area contributed by atoms with Crippen molar-refractivity contribution in [3.05, 3.63) is 18.6 Å². The number of aryl methyl sites for hydroxylation is 1. The summed E-state index contributed by atoms with van der Waals surface area (Å²) in [5.74, 6) is 3.34. The first-order valence-corrected chi connectivity index (χ1v) is 6.60. The van der Waals surface area contributed by atoms with Gasteiger partial charge in [-0.2, -0.15) is 11.8 Å². The lowest BCUT2D eigenvalue weighted by atomic mass is 10.2. The molecule has 4 nitrogen and oxygen atoms in total. The fourth-order valence-electron chi connectivity index (χ4n) is 2.01. The minimum absolute atomic E-state index is 0.546. The van der Waals surface area contributed by atoms with Crippen LogP contribution in [0.15, 0.2) is 18.6 Å². The van der Waals surface area contributed by atoms with Gasteiger partial charge < -0.3 is 9.88 Å². The van der Waals surface area contributed by atoms with Crippen molar-refractivity contribution in [3.63, 3.8) is 0 Å². The first-order valence-electron chi connectivity index (χ1n) is 5.45. The van der Waals surface area contributed by atoms with Crippen LogP contribution in [0, 0.1) is 0 Å². The van der Waals surface area contributed by atoms with Crippen LogP contribution in [0.1, 0.15) is 6.42 Å². The maximum absolute atomic E-state index is 4.39. The molecule has 2 aromatic heterocycles. The van der Waals surface area contributed by atoms with E-state index < -0.39 is 0 Å². The average Bonchev–Trinajstić information content (AvgIpc) is 2.90. The maximum Gasteiger partial charge on any atom is 0.154 e. The summed E-state index contributed by atoms with van der Waals surface area (Å²) in [5, 5.41) is 3.49. The van der Waals surface area contributed by atoms with Crippen molar-refractivity contribution in [2.24, 2.45) is 7.05 Å². The van der Waals surface area contributed by atoms with Crippen molar-refractivity contribution in [1.29, 1.82) is 0 Å². The molecule has 1 fully saturated rings. The predicted octanol–water partition coefficient (Wildman–Crippen LogP) is 1.89. The second-order valence-corrected chi connectivity index (χ2v) is 5.24. The van der Waals surface area contributed by atoms with Crippen LogP contribution in [0.5, 0.6) is 0 Å². The number of imidazole rings is 1. The monoisotopic (exact) mass is 234 g/mol. The van der Waals surface area contributed by atoms with E-state index in [2.05, 4.69) is 15.3 Å². The van der Waals surface area contributed by atoms with Crippen LogP contribution in [-0.2, 0) is 7.05 Å². The molecule has 0 aliphatic carbocycles. The van der Waals surface area contributed by atoms with Crippen LogP contribution in [0.25, 0.3) is 11.0 Å². The summed E-state index contributed by atoms with van der Waals surface area (Å²) in [5.41, 5.74) is 2.10. The molecule has 1 atom stereocenters. The summed E-state index contributed by atoms with van der Waals surface area (Å²) in [6, 6.07) is 2.54. The molecular weight excluding hydrogens is 220 g/mol. The lowest BCUT2D eigenvalue weighted by molar-refractivity contribution is 0.808. The number of rotatable bonds is 2. The van der Waals surface area contributed by atoms with Crippen LogP contribution >= 0.6 is 11.8 Å². The normalized spacial score (nSPS) is 20.4. The smallest absolute Gasteiger partial charge is 0.154 e. The molecule has 84 valence electrons. The van der Waals surface area contributed by atoms with Gasteiger partial charge in [0.25, 0.3) is 0 Å². The standard InChI is InChI=1S/C11H14N4S/c1-15-7-13-10-9(15)2-4-12-11(10)14-8-3-5-16-6-8/h2,4,7-8H,3,5-6H2,1H3,(H,12,14). The van der Waals surface area contributed by atoms with Gasteiger partial charge in [-0.25, -0.2) is 9.97 Å². The molecule has 5 heteroatoms. The Morgan fingerprint density at radius 2 is 2.44 bits per heavy atom. The summed E-state index contributed by atoms with van der Waals surface area (Å²) < 4.78 is 2.02. The largest absolute Gasteiger partial charge is 0.365 e. The molecule has 0 spiro atoms. The molecule has 0 radical (unpaired) electrons. The predicted molar refractivity (Wildman–Crippen MR) is 67.9 cm³/mol. The van der Waals surface area contributed by atoms with Gasteiger partial charge in [0.2, 0.25) is 0 Å². The van der Waals surface area contributed by atoms with E-state index in [9.17, 15) is 0 Å². The quantitative estimate of drug-likeness (QED) is 0.861. The van der Waals surface area contributed by atoms with Crippen molar-refractivity contribution < 1.29 is 0 Å². The number of hydrogen-bond acceptors (Lipinski definition) is 4. The van der Waals surface area contributed by atoms with Gasteiger partial charge in [-0.05, 0) is 18.2 Å². The van der Waals surface area contributed by atoms with E-state index in [1.54, 1.807) is 0 Å². The summed E-state index contributed by atoms with van der Waals surface area (Å²) in [6.07, 6.45) is 4.89. The Kier molecular flexibility index (Phi) is 2.47. The molecule has 0 amide bonds. The number of aromatic nitrogens is 3. The van der Waals surface area contributed by atoms with Crippen molar-refractivity contribution in [2.45, 2.75) is 12.5 Å². The molecule has 3 heterocycles. The molecule has 3 rings (SSSR count). The van der Waals surface area contributed by atoms with E-state index in [0.717, 1.165) is 16.9 Å². The van der Waals surface area contributed by atoms with Crippen molar-refractivity contribution in [1.82, 2.24) is 14.5 Å². The molecule has 1 aliphatic heterocycles. The molecule has 1 saturated heterocycles. The molecule has 1 unspecified atom stereocenters. The van der Waals surface area contributed by atoms with Gasteiger partial charge in [0, 0.05) is 25.0 Å². The van der Waals surface area contributed by atoms with Gasteiger partial charge in [-0.3, -0.25) is 0 Å². The molecule has 2 aromatic rings. The van der Waals surface area contributed by atoms with Crippen molar-refractivity contribution in [3.8, 4) is 0 Å². The molecule has 16 heavy (non-hydrogen) atoms. The third-order valence-corrected chi connectivity index (χ3v) is 4.08. The van der Waals surface area contributed by atoms with Gasteiger partial charge in [-0.1, -0.05) is 0 Å². The second-order valence-electron chi connectivity index (χ2n) is 4.09. The zero-order valence-electron chi connectivity index (χ0n) is 9.18. The molecular formula is C11H14N4S. The summed E-state index contributed by atoms with van der Waals surface area (Å²) >= 11 is 2.00. The SMILES string of the molecule is Cn1cnc2c(NC3CCSC3)nccc21. The zero-order valence-corrected chi connectivity index (χ0v) is 10.00. The molecule has 0 saturated carbocycles. The highest BCUT2D eigenvalue weighted by molar-refractivity contribution is 7.99. The van der Waals surface area contributed by atoms with Gasteiger partial charge in [0.15, 0.2) is 5.82 Å².